The topological polar surface area (TPSA) is 56.7 Å². The number of rotatable bonds is 7. The highest BCUT2D eigenvalue weighted by Crippen LogP contribution is 2.46. The van der Waals surface area contributed by atoms with Crippen molar-refractivity contribution in [2.24, 2.45) is 0 Å². The number of fused-ring (bicyclic) bond motifs is 6. The molecule has 0 atom stereocenters. The van der Waals surface area contributed by atoms with Crippen molar-refractivity contribution in [3.8, 4) is 73.2 Å². The normalized spacial score (nSPS) is 12.1. The third-order valence-electron chi connectivity index (χ3n) is 13.8. The number of furan rings is 1. The van der Waals surface area contributed by atoms with Crippen molar-refractivity contribution in [1.29, 1.82) is 0 Å². The lowest BCUT2D eigenvalue weighted by atomic mass is 9.85. The van der Waals surface area contributed by atoms with Gasteiger partial charge in [0.2, 0.25) is 0 Å². The molecule has 0 radical (unpaired) electrons. The number of benzene rings is 9. The molecule has 9 aromatic carbocycles. The molecule has 5 heteroatoms. The van der Waals surface area contributed by atoms with Crippen LogP contribution < -0.4 is 0 Å². The second kappa shape index (κ2) is 16.7. The lowest BCUT2D eigenvalue weighted by Gasteiger charge is -2.22. The van der Waals surface area contributed by atoms with Gasteiger partial charge in [-0.05, 0) is 92.7 Å². The Morgan fingerprint density at radius 3 is 1.36 bits per heavy atom. The van der Waals surface area contributed by atoms with Gasteiger partial charge in [-0.3, -0.25) is 0 Å². The quantitative estimate of drug-likeness (QED) is 0.160. The minimum Gasteiger partial charge on any atom is -0.455 e. The smallest absolute Gasteiger partial charge is 0.167 e. The van der Waals surface area contributed by atoms with Crippen molar-refractivity contribution >= 4 is 43.7 Å². The van der Waals surface area contributed by atoms with E-state index >= 15 is 0 Å². The van der Waals surface area contributed by atoms with Crippen molar-refractivity contribution in [2.75, 3.05) is 0 Å². The first-order valence-corrected chi connectivity index (χ1v) is 24.2. The molecule has 0 N–H and O–H groups in total. The van der Waals surface area contributed by atoms with Crippen molar-refractivity contribution in [2.45, 2.75) is 52.4 Å². The van der Waals surface area contributed by atoms with Crippen LogP contribution in [0, 0.1) is 0 Å². The summed E-state index contributed by atoms with van der Waals surface area (Å²) in [4.78, 5) is 16.1. The van der Waals surface area contributed by atoms with Crippen LogP contribution in [-0.4, -0.2) is 19.5 Å². The van der Waals surface area contributed by atoms with Crippen molar-refractivity contribution in [1.82, 2.24) is 19.5 Å². The molecular formula is C65H52N4O. The predicted octanol–water partition coefficient (Wildman–Crippen LogP) is 17.5. The molecule has 70 heavy (non-hydrogen) atoms. The highest BCUT2D eigenvalue weighted by atomic mass is 16.3. The van der Waals surface area contributed by atoms with E-state index in [9.17, 15) is 0 Å². The first kappa shape index (κ1) is 42.9. The SMILES string of the molecule is CC(C)(C)c1ccc2c(c1)c1cc(C(C)(C)C)ccc1n2-c1c(-c2ccccc2)cc(-c2nc(-c3ccc(-c4ccccc4)cc3)nc(-c3cccc4c3oc3ccccc34)n2)cc1-c1ccccc1. The molecule has 0 spiro atoms. The number of hydrogen-bond donors (Lipinski definition) is 0. The molecular weight excluding hydrogens is 853 g/mol. The van der Waals surface area contributed by atoms with Gasteiger partial charge >= 0.3 is 0 Å². The fourth-order valence-corrected chi connectivity index (χ4v) is 10.00. The minimum absolute atomic E-state index is 0.0294. The Bertz CT molecular complexity index is 3800. The summed E-state index contributed by atoms with van der Waals surface area (Å²) < 4.78 is 9.12. The third kappa shape index (κ3) is 7.55. The van der Waals surface area contributed by atoms with Crippen LogP contribution in [0.4, 0.5) is 0 Å². The summed E-state index contributed by atoms with van der Waals surface area (Å²) in [5.41, 5.74) is 16.6. The van der Waals surface area contributed by atoms with Crippen LogP contribution in [0.5, 0.6) is 0 Å². The average Bonchev–Trinajstić information content (AvgIpc) is 3.94. The summed E-state index contributed by atoms with van der Waals surface area (Å²) in [6.45, 7) is 13.8. The molecule has 0 aliphatic rings. The molecule has 0 aliphatic heterocycles. The monoisotopic (exact) mass is 904 g/mol. The van der Waals surface area contributed by atoms with Gasteiger partial charge in [-0.15, -0.1) is 0 Å². The first-order chi connectivity index (χ1) is 34.0. The van der Waals surface area contributed by atoms with E-state index in [0.29, 0.717) is 17.5 Å². The van der Waals surface area contributed by atoms with Gasteiger partial charge in [-0.25, -0.2) is 15.0 Å². The lowest BCUT2D eigenvalue weighted by molar-refractivity contribution is 0.590. The van der Waals surface area contributed by atoms with Gasteiger partial charge in [0.15, 0.2) is 17.5 Å². The molecule has 0 unspecified atom stereocenters. The maximum atomic E-state index is 6.62. The minimum atomic E-state index is -0.0294. The second-order valence-corrected chi connectivity index (χ2v) is 20.5. The molecule has 3 heterocycles. The van der Waals surface area contributed by atoms with E-state index in [4.69, 9.17) is 19.4 Å². The number of aromatic nitrogens is 4. The maximum absolute atomic E-state index is 6.62. The summed E-state index contributed by atoms with van der Waals surface area (Å²) in [7, 11) is 0. The molecule has 0 bridgehead atoms. The fraction of sp³-hybridized carbons (Fsp3) is 0.123. The molecule has 3 aromatic heterocycles. The average molecular weight is 905 g/mol. The van der Waals surface area contributed by atoms with E-state index in [0.717, 1.165) is 88.7 Å². The summed E-state index contributed by atoms with van der Waals surface area (Å²) in [6.07, 6.45) is 0. The van der Waals surface area contributed by atoms with Crippen LogP contribution >= 0.6 is 0 Å². The zero-order chi connectivity index (χ0) is 47.7. The Labute approximate surface area is 408 Å². The Kier molecular flexibility index (Phi) is 10.2. The molecule has 12 aromatic rings. The van der Waals surface area contributed by atoms with E-state index in [-0.39, 0.29) is 10.8 Å². The Morgan fingerprint density at radius 2 is 0.800 bits per heavy atom. The van der Waals surface area contributed by atoms with Crippen LogP contribution in [0.3, 0.4) is 0 Å². The highest BCUT2D eigenvalue weighted by molar-refractivity contribution is 6.12. The van der Waals surface area contributed by atoms with Crippen LogP contribution in [0.15, 0.2) is 211 Å². The van der Waals surface area contributed by atoms with E-state index in [1.54, 1.807) is 0 Å². The van der Waals surface area contributed by atoms with Gasteiger partial charge in [0, 0.05) is 43.8 Å². The molecule has 0 amide bonds. The van der Waals surface area contributed by atoms with Crippen LogP contribution in [0.1, 0.15) is 52.7 Å². The molecule has 0 aliphatic carbocycles. The Hall–Kier alpha value is -8.41. The largest absolute Gasteiger partial charge is 0.455 e. The van der Waals surface area contributed by atoms with E-state index < -0.39 is 0 Å². The van der Waals surface area contributed by atoms with E-state index in [2.05, 4.69) is 228 Å². The molecule has 0 fully saturated rings. The van der Waals surface area contributed by atoms with Gasteiger partial charge < -0.3 is 8.98 Å². The predicted molar refractivity (Wildman–Crippen MR) is 291 cm³/mol. The van der Waals surface area contributed by atoms with Gasteiger partial charge in [-0.1, -0.05) is 199 Å². The Morgan fingerprint density at radius 1 is 0.343 bits per heavy atom. The lowest BCUT2D eigenvalue weighted by Crippen LogP contribution is -2.10. The molecule has 12 rings (SSSR count). The van der Waals surface area contributed by atoms with Gasteiger partial charge in [-0.2, -0.15) is 0 Å². The first-order valence-electron chi connectivity index (χ1n) is 24.2. The number of nitrogens with zero attached hydrogens (tertiary/aromatic N) is 4. The van der Waals surface area contributed by atoms with E-state index in [1.165, 1.54) is 21.9 Å². The van der Waals surface area contributed by atoms with Crippen molar-refractivity contribution in [3.05, 3.63) is 217 Å². The molecule has 5 nitrogen and oxygen atoms in total. The van der Waals surface area contributed by atoms with Crippen LogP contribution in [0.2, 0.25) is 0 Å². The summed E-state index contributed by atoms with van der Waals surface area (Å²) in [5.74, 6) is 1.68. The number of para-hydroxylation sites is 2. The zero-order valence-corrected chi connectivity index (χ0v) is 40.3. The number of hydrogen-bond acceptors (Lipinski definition) is 4. The van der Waals surface area contributed by atoms with Crippen LogP contribution in [0.25, 0.3) is 117 Å². The van der Waals surface area contributed by atoms with Crippen LogP contribution in [-0.2, 0) is 10.8 Å². The van der Waals surface area contributed by atoms with Crippen molar-refractivity contribution in [3.63, 3.8) is 0 Å². The summed E-state index contributed by atoms with van der Waals surface area (Å²) >= 11 is 0. The molecule has 338 valence electrons. The summed E-state index contributed by atoms with van der Waals surface area (Å²) in [5, 5.41) is 4.54. The standard InChI is InChI=1S/C65H52N4O/c1-64(2,3)47-33-35-56-54(39-47)55-40-48(65(4,5)6)34-36-57(55)69(56)59-52(43-21-12-8-13-22-43)37-46(38-53(59)44-23-14-9-15-24-44)62-66-61(45-31-29-42(30-32-45)41-19-10-7-11-20-41)67-63(68-62)51-27-18-26-50-49-25-16-17-28-58(49)70-60(50)51/h7-40H,1-6H3. The zero-order valence-electron chi connectivity index (χ0n) is 40.3. The highest BCUT2D eigenvalue weighted by Gasteiger charge is 2.26. The van der Waals surface area contributed by atoms with Crippen molar-refractivity contribution < 1.29 is 4.42 Å². The third-order valence-corrected chi connectivity index (χ3v) is 13.8. The molecule has 0 saturated carbocycles. The van der Waals surface area contributed by atoms with Gasteiger partial charge in [0.25, 0.3) is 0 Å². The van der Waals surface area contributed by atoms with E-state index in [1.807, 2.05) is 24.3 Å². The molecule has 0 saturated heterocycles. The van der Waals surface area contributed by atoms with Gasteiger partial charge in [0.1, 0.15) is 11.2 Å². The second-order valence-electron chi connectivity index (χ2n) is 20.5. The fourth-order valence-electron chi connectivity index (χ4n) is 10.00. The Balaban J connectivity index is 1.16. The summed E-state index contributed by atoms with van der Waals surface area (Å²) in [6, 6.07) is 73.5. The maximum Gasteiger partial charge on any atom is 0.167 e. The van der Waals surface area contributed by atoms with Gasteiger partial charge in [0.05, 0.1) is 22.3 Å².